The second-order valence-electron chi connectivity index (χ2n) is 9.10. The maximum atomic E-state index is 15.4. The third-order valence-electron chi connectivity index (χ3n) is 6.26. The van der Waals surface area contributed by atoms with Crippen molar-refractivity contribution in [2.24, 2.45) is 0 Å². The molecule has 0 bridgehead atoms. The van der Waals surface area contributed by atoms with E-state index in [1.807, 2.05) is 0 Å². The largest absolute Gasteiger partial charge is 0.435 e. The van der Waals surface area contributed by atoms with Gasteiger partial charge in [0, 0.05) is 61.2 Å². The van der Waals surface area contributed by atoms with Crippen LogP contribution in [0.4, 0.5) is 17.6 Å². The quantitative estimate of drug-likeness (QED) is 0.305. The molecule has 2 aromatic heterocycles. The highest BCUT2D eigenvalue weighted by molar-refractivity contribution is 7.12. The van der Waals surface area contributed by atoms with Gasteiger partial charge in [0.15, 0.2) is 5.69 Å². The zero-order chi connectivity index (χ0) is 28.5. The Hall–Kier alpha value is -3.49. The minimum Gasteiger partial charge on any atom is -0.333 e. The number of carbonyl (C=O) groups excluding carboxylic acids is 1. The van der Waals surface area contributed by atoms with E-state index in [-0.39, 0.29) is 48.8 Å². The summed E-state index contributed by atoms with van der Waals surface area (Å²) in [6.45, 7) is 5.73. The number of aryl methyl sites for hydroxylation is 1. The zero-order valence-corrected chi connectivity index (χ0v) is 21.9. The van der Waals surface area contributed by atoms with Crippen LogP contribution in [0.25, 0.3) is 11.1 Å². The number of alkyl halides is 3. The van der Waals surface area contributed by atoms with Gasteiger partial charge in [-0.2, -0.15) is 23.5 Å². The first kappa shape index (κ1) is 26.1. The summed E-state index contributed by atoms with van der Waals surface area (Å²) in [6, 6.07) is 6.97. The Bertz CT molecular complexity index is 1450. The number of nitriles is 1. The highest BCUT2D eigenvalue weighted by Crippen LogP contribution is 2.45. The molecule has 0 saturated carbocycles. The molecule has 200 valence electrons. The summed E-state index contributed by atoms with van der Waals surface area (Å²) in [5, 5.41) is 16.1. The monoisotopic (exact) mass is 546 g/mol. The molecule has 0 radical (unpaired) electrons. The molecule has 3 aromatic rings. The molecule has 1 amide bonds. The van der Waals surface area contributed by atoms with Crippen molar-refractivity contribution >= 4 is 17.2 Å². The van der Waals surface area contributed by atoms with Gasteiger partial charge in [-0.3, -0.25) is 9.48 Å². The van der Waals surface area contributed by atoms with Gasteiger partial charge in [-0.05, 0) is 30.2 Å². The van der Waals surface area contributed by atoms with Crippen LogP contribution in [0, 0.1) is 17.1 Å². The lowest BCUT2D eigenvalue weighted by molar-refractivity contribution is -0.141. The topological polar surface area (TPSA) is 74.0 Å². The predicted molar refractivity (Wildman–Crippen MR) is 137 cm³/mol. The summed E-state index contributed by atoms with van der Waals surface area (Å²) >= 11 is 1.20. The van der Waals surface area contributed by atoms with Gasteiger partial charge in [0.25, 0.3) is 0 Å². The summed E-state index contributed by atoms with van der Waals surface area (Å²) in [7, 11) is 0. The van der Waals surface area contributed by atoms with Crippen molar-refractivity contribution in [3.63, 3.8) is 0 Å². The van der Waals surface area contributed by atoms with Crippen molar-refractivity contribution in [3.8, 4) is 17.2 Å². The number of thiophene rings is 1. The zero-order valence-electron chi connectivity index (χ0n) is 22.1. The number of hydrogen-bond donors (Lipinski definition) is 1. The summed E-state index contributed by atoms with van der Waals surface area (Å²) in [4.78, 5) is 15.7. The number of nitrogens with zero attached hydrogens (tertiary/aromatic N) is 4. The van der Waals surface area contributed by atoms with E-state index >= 15 is 4.39 Å². The molecule has 1 N–H and O–H groups in total. The highest BCUT2D eigenvalue weighted by atomic mass is 32.1. The molecule has 4 rings (SSSR count). The number of nitrogens with one attached hydrogen (secondary N) is 1. The molecule has 1 atom stereocenters. The molecule has 0 aliphatic carbocycles. The van der Waals surface area contributed by atoms with Crippen LogP contribution in [0.5, 0.6) is 0 Å². The fourth-order valence-corrected chi connectivity index (χ4v) is 5.56. The molecule has 38 heavy (non-hydrogen) atoms. The van der Waals surface area contributed by atoms with Crippen molar-refractivity contribution in [2.45, 2.75) is 52.0 Å². The number of hydrogen-bond acceptors (Lipinski definition) is 5. The maximum Gasteiger partial charge on any atom is 0.435 e. The minimum atomic E-state index is -4.81. The molecule has 0 fully saturated rings. The van der Waals surface area contributed by atoms with Crippen LogP contribution in [0.15, 0.2) is 42.6 Å². The van der Waals surface area contributed by atoms with Gasteiger partial charge >= 0.3 is 6.18 Å². The van der Waals surface area contributed by atoms with Crippen molar-refractivity contribution in [3.05, 3.63) is 75.0 Å². The molecule has 0 spiro atoms. The summed E-state index contributed by atoms with van der Waals surface area (Å²) in [6.07, 6.45) is -0.646. The Kier molecular flexibility index (Phi) is 7.63. The lowest BCUT2D eigenvalue weighted by Gasteiger charge is -2.33. The van der Waals surface area contributed by atoms with Crippen molar-refractivity contribution in [1.82, 2.24) is 20.0 Å². The first-order chi connectivity index (χ1) is 18.3. The predicted octanol–water partition coefficient (Wildman–Crippen LogP) is 5.69. The van der Waals surface area contributed by atoms with E-state index in [0.717, 1.165) is 10.7 Å². The maximum absolute atomic E-state index is 15.4. The molecule has 1 aromatic carbocycles. The number of fused-ring (bicyclic) bond motifs is 1. The third-order valence-corrected chi connectivity index (χ3v) is 7.30. The van der Waals surface area contributed by atoms with E-state index in [4.69, 9.17) is 1.37 Å². The molecule has 1 aliphatic rings. The lowest BCUT2D eigenvalue weighted by Crippen LogP contribution is -2.37. The molecular weight excluding hydrogens is 518 g/mol. The second kappa shape index (κ2) is 11.1. The first-order valence-electron chi connectivity index (χ1n) is 12.5. The van der Waals surface area contributed by atoms with Gasteiger partial charge in [0.05, 0.1) is 6.54 Å². The molecule has 11 heteroatoms. The summed E-state index contributed by atoms with van der Waals surface area (Å²) in [5.74, 6) is -1.85. The normalized spacial score (nSPS) is 16.4. The van der Waals surface area contributed by atoms with Crippen LogP contribution in [0.2, 0.25) is 0 Å². The SMILES string of the molecule is [2H]C(C)(C)NC/C=C/C(=O)N1Cc2sc(C#N)cc2[C@H](c2cccc(F)c2-c2cn(CC)nc2C(F)(F)F)C1. The lowest BCUT2D eigenvalue weighted by atomic mass is 9.83. The highest BCUT2D eigenvalue weighted by Gasteiger charge is 2.40. The fraction of sp³-hybridized carbons (Fsp3) is 0.370. The summed E-state index contributed by atoms with van der Waals surface area (Å²) in [5.41, 5.74) is -0.821. The average Bonchev–Trinajstić information content (AvgIpc) is 3.49. The van der Waals surface area contributed by atoms with E-state index in [1.165, 1.54) is 34.6 Å². The number of amides is 1. The Labute approximate surface area is 223 Å². The smallest absolute Gasteiger partial charge is 0.333 e. The van der Waals surface area contributed by atoms with Crippen molar-refractivity contribution in [2.75, 3.05) is 13.1 Å². The van der Waals surface area contributed by atoms with E-state index in [2.05, 4.69) is 16.5 Å². The fourth-order valence-electron chi connectivity index (χ4n) is 4.53. The molecule has 0 saturated heterocycles. The van der Waals surface area contributed by atoms with E-state index < -0.39 is 29.6 Å². The number of rotatable bonds is 7. The third kappa shape index (κ3) is 5.66. The standard InChI is InChI=1S/C27H27F4N5OS/c1-4-36-14-21(26(34-36)27(29,30)31)25-18(7-5-8-22(25)28)20-13-35(24(37)9-6-10-33-16(2)3)15-23-19(20)11-17(12-32)38-23/h5-9,11,14,16,20,33H,4,10,13,15H2,1-3H3/b9-6+/t20-/m0/s1/i16D. The average molecular weight is 547 g/mol. The van der Waals surface area contributed by atoms with Crippen LogP contribution in [0.3, 0.4) is 0 Å². The molecule has 0 unspecified atom stereocenters. The molecule has 6 nitrogen and oxygen atoms in total. The Morgan fingerprint density at radius 2 is 2.16 bits per heavy atom. The number of aromatic nitrogens is 2. The Morgan fingerprint density at radius 1 is 1.39 bits per heavy atom. The number of halogens is 4. The molecule has 1 aliphatic heterocycles. The van der Waals surface area contributed by atoms with Crippen molar-refractivity contribution in [1.29, 1.82) is 5.26 Å². The van der Waals surface area contributed by atoms with Crippen LogP contribution in [-0.4, -0.2) is 39.7 Å². The van der Waals surface area contributed by atoms with Gasteiger partial charge in [0.1, 0.15) is 16.8 Å². The van der Waals surface area contributed by atoms with E-state index in [1.54, 1.807) is 39.0 Å². The van der Waals surface area contributed by atoms with E-state index in [9.17, 15) is 23.2 Å². The van der Waals surface area contributed by atoms with Crippen LogP contribution >= 0.6 is 11.3 Å². The van der Waals surface area contributed by atoms with Crippen molar-refractivity contribution < 1.29 is 23.7 Å². The first-order valence-corrected chi connectivity index (χ1v) is 12.8. The van der Waals surface area contributed by atoms with E-state index in [0.29, 0.717) is 15.3 Å². The minimum absolute atomic E-state index is 0.0782. The van der Waals surface area contributed by atoms with Gasteiger partial charge in [0.2, 0.25) is 5.91 Å². The summed E-state index contributed by atoms with van der Waals surface area (Å²) < 4.78 is 66.2. The number of benzene rings is 1. The van der Waals surface area contributed by atoms with Crippen LogP contribution < -0.4 is 5.32 Å². The molecule has 3 heterocycles. The molecular formula is C27H27F4N5OS. The van der Waals surface area contributed by atoms with Gasteiger partial charge in [-0.15, -0.1) is 11.3 Å². The Morgan fingerprint density at radius 3 is 2.82 bits per heavy atom. The van der Waals surface area contributed by atoms with Gasteiger partial charge < -0.3 is 10.2 Å². The Balaban J connectivity index is 1.79. The van der Waals surface area contributed by atoms with Gasteiger partial charge in [-0.25, -0.2) is 4.39 Å². The second-order valence-corrected chi connectivity index (χ2v) is 10.2. The van der Waals surface area contributed by atoms with Gasteiger partial charge in [-0.1, -0.05) is 32.1 Å². The van der Waals surface area contributed by atoms with Crippen LogP contribution in [0.1, 0.15) is 54.6 Å². The van der Waals surface area contributed by atoms with Crippen LogP contribution in [-0.2, 0) is 24.1 Å². The number of carbonyl (C=O) groups is 1.